The van der Waals surface area contributed by atoms with Crippen molar-refractivity contribution in [2.75, 3.05) is 0 Å². The van der Waals surface area contributed by atoms with Gasteiger partial charge in [-0.1, -0.05) is 78.9 Å². The van der Waals surface area contributed by atoms with Crippen LogP contribution in [0.1, 0.15) is 29.0 Å². The fourth-order valence-corrected chi connectivity index (χ4v) is 6.10. The molecule has 0 fully saturated rings. The van der Waals surface area contributed by atoms with Crippen LogP contribution in [0.25, 0.3) is 38.1 Å². The predicted octanol–water partition coefficient (Wildman–Crippen LogP) is 7.57. The lowest BCUT2D eigenvalue weighted by molar-refractivity contribution is 0.585. The SMILES string of the molecule is O=c1ccn(-c2ccccc2C2CCc3c(ccc4c3ccc3ccccc34)C2)c2ccccc12. The van der Waals surface area contributed by atoms with Gasteiger partial charge in [-0.05, 0) is 81.6 Å². The number of aromatic nitrogens is 1. The maximum Gasteiger partial charge on any atom is 0.189 e. The Morgan fingerprint density at radius 1 is 0.657 bits per heavy atom. The summed E-state index contributed by atoms with van der Waals surface area (Å²) in [6, 6.07) is 36.2. The highest BCUT2D eigenvalue weighted by atomic mass is 16.1. The lowest BCUT2D eigenvalue weighted by atomic mass is 9.77. The van der Waals surface area contributed by atoms with E-state index in [1.165, 1.54) is 43.9 Å². The highest BCUT2D eigenvalue weighted by molar-refractivity contribution is 6.08. The molecule has 0 N–H and O–H groups in total. The third-order valence-corrected chi connectivity index (χ3v) is 7.78. The number of fused-ring (bicyclic) bond motifs is 6. The molecule has 1 atom stereocenters. The van der Waals surface area contributed by atoms with Gasteiger partial charge in [-0.3, -0.25) is 4.79 Å². The molecule has 2 heteroatoms. The Labute approximate surface area is 204 Å². The summed E-state index contributed by atoms with van der Waals surface area (Å²) in [6.45, 7) is 0. The first kappa shape index (κ1) is 20.2. The Bertz CT molecular complexity index is 1810. The zero-order valence-electron chi connectivity index (χ0n) is 19.4. The van der Waals surface area contributed by atoms with Crippen molar-refractivity contribution >= 4 is 32.4 Å². The van der Waals surface area contributed by atoms with E-state index in [0.29, 0.717) is 5.92 Å². The third-order valence-electron chi connectivity index (χ3n) is 7.78. The molecule has 168 valence electrons. The summed E-state index contributed by atoms with van der Waals surface area (Å²) in [6.07, 6.45) is 5.16. The molecule has 1 aromatic heterocycles. The van der Waals surface area contributed by atoms with Gasteiger partial charge in [-0.15, -0.1) is 0 Å². The first-order valence-electron chi connectivity index (χ1n) is 12.4. The molecule has 0 saturated carbocycles. The van der Waals surface area contributed by atoms with E-state index in [4.69, 9.17) is 0 Å². The molecule has 0 radical (unpaired) electrons. The number of para-hydroxylation sites is 2. The van der Waals surface area contributed by atoms with Crippen LogP contribution in [-0.2, 0) is 12.8 Å². The van der Waals surface area contributed by atoms with Crippen LogP contribution in [0.15, 0.2) is 114 Å². The molecule has 1 unspecified atom stereocenters. The normalized spacial score (nSPS) is 15.5. The largest absolute Gasteiger partial charge is 0.316 e. The van der Waals surface area contributed by atoms with E-state index in [-0.39, 0.29) is 5.43 Å². The maximum atomic E-state index is 12.5. The first-order chi connectivity index (χ1) is 17.3. The van der Waals surface area contributed by atoms with Gasteiger partial charge in [0.2, 0.25) is 0 Å². The molecule has 35 heavy (non-hydrogen) atoms. The fourth-order valence-electron chi connectivity index (χ4n) is 6.10. The van der Waals surface area contributed by atoms with Gasteiger partial charge in [0.05, 0.1) is 5.52 Å². The van der Waals surface area contributed by atoms with Crippen LogP contribution >= 0.6 is 0 Å². The van der Waals surface area contributed by atoms with Gasteiger partial charge in [0.1, 0.15) is 0 Å². The molecule has 5 aromatic carbocycles. The number of hydrogen-bond donors (Lipinski definition) is 0. The van der Waals surface area contributed by atoms with E-state index in [9.17, 15) is 4.79 Å². The molecule has 2 nitrogen and oxygen atoms in total. The molecule has 0 spiro atoms. The van der Waals surface area contributed by atoms with Crippen LogP contribution in [-0.4, -0.2) is 4.57 Å². The van der Waals surface area contributed by atoms with Crippen molar-refractivity contribution < 1.29 is 0 Å². The van der Waals surface area contributed by atoms with Gasteiger partial charge >= 0.3 is 0 Å². The van der Waals surface area contributed by atoms with Crippen molar-refractivity contribution in [3.05, 3.63) is 136 Å². The smallest absolute Gasteiger partial charge is 0.189 e. The summed E-state index contributed by atoms with van der Waals surface area (Å²) in [7, 11) is 0. The Kier molecular flexibility index (Phi) is 4.60. The number of rotatable bonds is 2. The summed E-state index contributed by atoms with van der Waals surface area (Å²) in [5.74, 6) is 0.440. The van der Waals surface area contributed by atoms with Crippen LogP contribution in [0.2, 0.25) is 0 Å². The molecule has 1 aliphatic rings. The molecular formula is C33H25NO. The molecule has 0 aliphatic heterocycles. The van der Waals surface area contributed by atoms with Crippen LogP contribution in [0.3, 0.4) is 0 Å². The van der Waals surface area contributed by atoms with E-state index >= 15 is 0 Å². The van der Waals surface area contributed by atoms with Gasteiger partial charge in [0, 0.05) is 23.3 Å². The third kappa shape index (κ3) is 3.21. The molecule has 0 amide bonds. The van der Waals surface area contributed by atoms with E-state index in [0.717, 1.165) is 30.2 Å². The zero-order chi connectivity index (χ0) is 23.4. The highest BCUT2D eigenvalue weighted by Crippen LogP contribution is 2.39. The van der Waals surface area contributed by atoms with Gasteiger partial charge < -0.3 is 4.57 Å². The molecule has 1 aliphatic carbocycles. The molecule has 6 aromatic rings. The van der Waals surface area contributed by atoms with E-state index < -0.39 is 0 Å². The van der Waals surface area contributed by atoms with Gasteiger partial charge in [0.25, 0.3) is 0 Å². The van der Waals surface area contributed by atoms with E-state index in [1.807, 2.05) is 30.5 Å². The minimum atomic E-state index is 0.0697. The summed E-state index contributed by atoms with van der Waals surface area (Å²) in [5.41, 5.74) is 6.52. The summed E-state index contributed by atoms with van der Waals surface area (Å²) >= 11 is 0. The van der Waals surface area contributed by atoms with Crippen molar-refractivity contribution in [2.24, 2.45) is 0 Å². The standard InChI is InChI=1S/C33H25NO/c35-33-19-20-34(32-12-6-4-10-30(32)33)31-11-5-3-9-27(31)24-14-16-26-23(21-24)15-18-28-25-8-2-1-7-22(25)13-17-29(26)28/h1-13,15,17-20,24H,14,16,21H2. The molecule has 1 heterocycles. The zero-order valence-corrected chi connectivity index (χ0v) is 19.4. The van der Waals surface area contributed by atoms with Crippen LogP contribution in [0.4, 0.5) is 0 Å². The Morgan fingerprint density at radius 2 is 1.43 bits per heavy atom. The summed E-state index contributed by atoms with van der Waals surface area (Å²) in [5, 5.41) is 6.17. The molecule has 0 bridgehead atoms. The highest BCUT2D eigenvalue weighted by Gasteiger charge is 2.24. The number of nitrogens with zero attached hydrogens (tertiary/aromatic N) is 1. The summed E-state index contributed by atoms with van der Waals surface area (Å²) in [4.78, 5) is 12.5. The Morgan fingerprint density at radius 3 is 2.37 bits per heavy atom. The number of benzene rings is 5. The van der Waals surface area contributed by atoms with Crippen molar-refractivity contribution in [1.29, 1.82) is 0 Å². The second-order valence-corrected chi connectivity index (χ2v) is 9.65. The predicted molar refractivity (Wildman–Crippen MR) is 146 cm³/mol. The van der Waals surface area contributed by atoms with Crippen LogP contribution in [0.5, 0.6) is 0 Å². The fraction of sp³-hybridized carbons (Fsp3) is 0.121. The van der Waals surface area contributed by atoms with Gasteiger partial charge in [0.15, 0.2) is 5.43 Å². The second-order valence-electron chi connectivity index (χ2n) is 9.65. The quantitative estimate of drug-likeness (QED) is 0.249. The first-order valence-corrected chi connectivity index (χ1v) is 12.4. The van der Waals surface area contributed by atoms with Crippen molar-refractivity contribution in [3.8, 4) is 5.69 Å². The molecular weight excluding hydrogens is 426 g/mol. The number of pyridine rings is 1. The minimum Gasteiger partial charge on any atom is -0.316 e. The average molecular weight is 452 g/mol. The van der Waals surface area contributed by atoms with Gasteiger partial charge in [-0.2, -0.15) is 0 Å². The number of hydrogen-bond acceptors (Lipinski definition) is 1. The lowest BCUT2D eigenvalue weighted by Crippen LogP contribution is -2.16. The van der Waals surface area contributed by atoms with Crippen LogP contribution in [0, 0.1) is 0 Å². The molecule has 7 rings (SSSR count). The Balaban J connectivity index is 1.33. The minimum absolute atomic E-state index is 0.0697. The Hall–Kier alpha value is -4.17. The lowest BCUT2D eigenvalue weighted by Gasteiger charge is -2.28. The molecule has 0 saturated heterocycles. The maximum absolute atomic E-state index is 12.5. The van der Waals surface area contributed by atoms with E-state index in [1.54, 1.807) is 6.07 Å². The van der Waals surface area contributed by atoms with Crippen molar-refractivity contribution in [2.45, 2.75) is 25.2 Å². The van der Waals surface area contributed by atoms with Crippen LogP contribution < -0.4 is 5.43 Å². The summed E-state index contributed by atoms with van der Waals surface area (Å²) < 4.78 is 2.19. The topological polar surface area (TPSA) is 22.0 Å². The average Bonchev–Trinajstić information content (AvgIpc) is 2.93. The monoisotopic (exact) mass is 451 g/mol. The van der Waals surface area contributed by atoms with Gasteiger partial charge in [-0.25, -0.2) is 0 Å². The second kappa shape index (κ2) is 7.95. The number of aryl methyl sites for hydroxylation is 1. The van der Waals surface area contributed by atoms with Crippen molar-refractivity contribution in [1.82, 2.24) is 4.57 Å². The van der Waals surface area contributed by atoms with E-state index in [2.05, 4.69) is 77.4 Å². The van der Waals surface area contributed by atoms with Crippen molar-refractivity contribution in [3.63, 3.8) is 0 Å².